The predicted molar refractivity (Wildman–Crippen MR) is 376 cm³/mol. The van der Waals surface area contributed by atoms with E-state index in [2.05, 4.69) is 99.0 Å². The van der Waals surface area contributed by atoms with Gasteiger partial charge in [-0.05, 0) is 109 Å². The van der Waals surface area contributed by atoms with Gasteiger partial charge >= 0.3 is 5.97 Å². The van der Waals surface area contributed by atoms with Crippen molar-refractivity contribution in [2.24, 2.45) is 0 Å². The molecule has 506 valence electrons. The van der Waals surface area contributed by atoms with Gasteiger partial charge < -0.3 is 28.5 Å². The summed E-state index contributed by atoms with van der Waals surface area (Å²) in [4.78, 5) is 40.3. The molecule has 9 nitrogen and oxygen atoms in total. The van der Waals surface area contributed by atoms with E-state index in [9.17, 15) is 19.0 Å². The maximum atomic E-state index is 13.6. The van der Waals surface area contributed by atoms with Crippen molar-refractivity contribution in [1.29, 1.82) is 0 Å². The molecule has 0 rings (SSSR count). The number of amides is 1. The van der Waals surface area contributed by atoms with E-state index in [1.165, 1.54) is 218 Å². The third kappa shape index (κ3) is 67.4. The first kappa shape index (κ1) is 84.2. The molecule has 0 aliphatic heterocycles. The number of hydrogen-bond acceptors (Lipinski definition) is 7. The minimum atomic E-state index is -4.71. The fraction of sp³-hybridized carbons (Fsp3) is 0.792. The van der Waals surface area contributed by atoms with Crippen molar-refractivity contribution >= 4 is 19.7 Å². The Morgan fingerprint density at radius 2 is 0.701 bits per heavy atom. The molecule has 0 aromatic heterocycles. The first-order valence-electron chi connectivity index (χ1n) is 36.9. The van der Waals surface area contributed by atoms with Crippen molar-refractivity contribution < 1.29 is 37.3 Å². The van der Waals surface area contributed by atoms with Crippen LogP contribution in [-0.4, -0.2) is 69.4 Å². The molecule has 0 aliphatic rings. The third-order valence-corrected chi connectivity index (χ3v) is 17.3. The SMILES string of the molecule is CCCCC/C=C\C/C=C\C/C=C\C/C=C\CCCCCCCCCCCCCC(=O)NC(COP(=O)([O-])OCC[N+](C)(C)C)C(/C=C\CCCCCCCCCCCCC)OC(=O)CCCCCCCCCCCCC/C=C\C/C=C\CCCCC. The maximum absolute atomic E-state index is 13.6. The van der Waals surface area contributed by atoms with E-state index in [-0.39, 0.29) is 24.9 Å². The minimum Gasteiger partial charge on any atom is -0.756 e. The van der Waals surface area contributed by atoms with Gasteiger partial charge in [-0.1, -0.05) is 305 Å². The first-order chi connectivity index (χ1) is 42.4. The summed E-state index contributed by atoms with van der Waals surface area (Å²) >= 11 is 0. The van der Waals surface area contributed by atoms with Crippen molar-refractivity contribution in [2.75, 3.05) is 40.9 Å². The van der Waals surface area contributed by atoms with Gasteiger partial charge in [-0.25, -0.2) is 0 Å². The molecular weight excluding hydrogens is 1100 g/mol. The zero-order valence-corrected chi connectivity index (χ0v) is 58.9. The Hall–Kier alpha value is -2.81. The van der Waals surface area contributed by atoms with Gasteiger partial charge in [0.05, 0.1) is 33.8 Å². The lowest BCUT2D eigenvalue weighted by Crippen LogP contribution is -2.47. The standard InChI is InChI=1S/C77H141N2O7P/c1-7-10-13-16-19-22-25-28-30-32-34-36-37-38-39-40-41-43-44-46-48-51-54-57-60-63-66-69-76(80)78-74(73-85-87(82,83)84-72-71-79(4,5)6)75(68-65-62-59-56-53-50-27-24-21-18-15-12-9-3)86-77(81)70-67-64-61-58-55-52-49-47-45-42-35-33-31-29-26-23-20-17-14-11-8-2/h19-20,22-23,28-31,34,36,38-39,65,68,74-75H,7-18,21,24-27,32-33,35,37,40-64,66-67,69-73H2,1-6H3,(H-,78,80,82,83)/b22-19-,23-20-,30-28-,31-29-,36-34-,39-38-,68-65-. The van der Waals surface area contributed by atoms with Gasteiger partial charge in [-0.15, -0.1) is 0 Å². The van der Waals surface area contributed by atoms with Crippen LogP contribution in [0.4, 0.5) is 0 Å². The average Bonchev–Trinajstić information content (AvgIpc) is 3.69. The van der Waals surface area contributed by atoms with E-state index in [0.29, 0.717) is 17.4 Å². The summed E-state index contributed by atoms with van der Waals surface area (Å²) in [7, 11) is 1.18. The van der Waals surface area contributed by atoms with E-state index in [0.717, 1.165) is 89.9 Å². The van der Waals surface area contributed by atoms with Crippen molar-refractivity contribution in [1.82, 2.24) is 5.32 Å². The molecule has 3 atom stereocenters. The number of carbonyl (C=O) groups is 2. The summed E-state index contributed by atoms with van der Waals surface area (Å²) in [5, 5.41) is 3.05. The molecule has 0 aromatic carbocycles. The number of likely N-dealkylation sites (N-methyl/N-ethyl adjacent to an activating group) is 1. The van der Waals surface area contributed by atoms with Crippen LogP contribution in [0.5, 0.6) is 0 Å². The Balaban J connectivity index is 5.06. The number of carbonyl (C=O) groups excluding carboxylic acids is 2. The maximum Gasteiger partial charge on any atom is 0.306 e. The molecule has 0 radical (unpaired) electrons. The molecule has 1 amide bonds. The van der Waals surface area contributed by atoms with Gasteiger partial charge in [-0.3, -0.25) is 14.2 Å². The molecule has 10 heteroatoms. The second kappa shape index (κ2) is 66.1. The molecule has 0 saturated carbocycles. The van der Waals surface area contributed by atoms with Crippen LogP contribution in [0.15, 0.2) is 85.1 Å². The number of unbranched alkanes of at least 4 members (excludes halogenated alkanes) is 39. The fourth-order valence-corrected chi connectivity index (χ4v) is 11.3. The van der Waals surface area contributed by atoms with Gasteiger partial charge in [-0.2, -0.15) is 0 Å². The highest BCUT2D eigenvalue weighted by Crippen LogP contribution is 2.38. The molecule has 0 fully saturated rings. The Kier molecular flexibility index (Phi) is 64.0. The van der Waals surface area contributed by atoms with E-state index < -0.39 is 26.6 Å². The number of phosphoric ester groups is 1. The Morgan fingerprint density at radius 3 is 1.07 bits per heavy atom. The lowest BCUT2D eigenvalue weighted by Gasteiger charge is -2.30. The van der Waals surface area contributed by atoms with Crippen molar-refractivity contribution in [2.45, 2.75) is 354 Å². The van der Waals surface area contributed by atoms with Crippen molar-refractivity contribution in [3.8, 4) is 0 Å². The lowest BCUT2D eigenvalue weighted by molar-refractivity contribution is -0.870. The second-order valence-corrected chi connectivity index (χ2v) is 27.5. The molecule has 0 heterocycles. The topological polar surface area (TPSA) is 114 Å². The van der Waals surface area contributed by atoms with Crippen LogP contribution in [-0.2, 0) is 27.9 Å². The average molecular weight is 1240 g/mol. The number of hydrogen-bond donors (Lipinski definition) is 1. The second-order valence-electron chi connectivity index (χ2n) is 26.1. The van der Waals surface area contributed by atoms with Gasteiger partial charge in [0, 0.05) is 12.8 Å². The molecule has 1 N–H and O–H groups in total. The highest BCUT2D eigenvalue weighted by molar-refractivity contribution is 7.45. The molecule has 0 aromatic rings. The third-order valence-electron chi connectivity index (χ3n) is 16.3. The van der Waals surface area contributed by atoms with Gasteiger partial charge in [0.2, 0.25) is 5.91 Å². The number of phosphoric acid groups is 1. The highest BCUT2D eigenvalue weighted by atomic mass is 31.2. The van der Waals surface area contributed by atoms with Gasteiger partial charge in [0.15, 0.2) is 0 Å². The predicted octanol–water partition coefficient (Wildman–Crippen LogP) is 23.0. The van der Waals surface area contributed by atoms with Gasteiger partial charge in [0.1, 0.15) is 19.3 Å². The normalized spacial score (nSPS) is 14.0. The molecule has 0 spiro atoms. The summed E-state index contributed by atoms with van der Waals surface area (Å²) in [6.45, 7) is 6.82. The van der Waals surface area contributed by atoms with Crippen LogP contribution in [0.25, 0.3) is 0 Å². The number of esters is 1. The molecule has 0 bridgehead atoms. The monoisotopic (exact) mass is 1240 g/mol. The first-order valence-corrected chi connectivity index (χ1v) is 38.4. The van der Waals surface area contributed by atoms with E-state index in [1.807, 2.05) is 33.3 Å². The smallest absolute Gasteiger partial charge is 0.306 e. The quantitative estimate of drug-likeness (QED) is 0.0212. The zero-order chi connectivity index (χ0) is 63.5. The molecular formula is C77H141N2O7P. The van der Waals surface area contributed by atoms with E-state index >= 15 is 0 Å². The summed E-state index contributed by atoms with van der Waals surface area (Å²) in [6.07, 6.45) is 88.4. The van der Waals surface area contributed by atoms with Crippen LogP contribution < -0.4 is 10.2 Å². The van der Waals surface area contributed by atoms with E-state index in [1.54, 1.807) is 0 Å². The van der Waals surface area contributed by atoms with Gasteiger partial charge in [0.25, 0.3) is 7.82 Å². The van der Waals surface area contributed by atoms with Crippen LogP contribution in [0.2, 0.25) is 0 Å². The summed E-state index contributed by atoms with van der Waals surface area (Å²) < 4.78 is 30.5. The number of allylic oxidation sites excluding steroid dienone is 13. The van der Waals surface area contributed by atoms with Crippen LogP contribution >= 0.6 is 7.82 Å². The molecule has 3 unspecified atom stereocenters. The highest BCUT2D eigenvalue weighted by Gasteiger charge is 2.27. The number of rotatable bonds is 67. The van der Waals surface area contributed by atoms with Crippen molar-refractivity contribution in [3.05, 3.63) is 85.1 Å². The summed E-state index contributed by atoms with van der Waals surface area (Å²) in [5.74, 6) is -0.538. The molecule has 0 aliphatic carbocycles. The van der Waals surface area contributed by atoms with Crippen LogP contribution in [0.1, 0.15) is 342 Å². The van der Waals surface area contributed by atoms with Crippen LogP contribution in [0, 0.1) is 0 Å². The number of quaternary nitrogens is 1. The number of nitrogens with zero attached hydrogens (tertiary/aromatic N) is 1. The summed E-state index contributed by atoms with van der Waals surface area (Å²) in [5.41, 5.74) is 0. The fourth-order valence-electron chi connectivity index (χ4n) is 10.6. The van der Waals surface area contributed by atoms with Crippen molar-refractivity contribution in [3.63, 3.8) is 0 Å². The largest absolute Gasteiger partial charge is 0.756 e. The Labute approximate surface area is 539 Å². The lowest BCUT2D eigenvalue weighted by atomic mass is 10.0. The minimum absolute atomic E-state index is 0.0251. The number of ether oxygens (including phenoxy) is 1. The van der Waals surface area contributed by atoms with Crippen LogP contribution in [0.3, 0.4) is 0 Å². The Bertz CT molecular complexity index is 1760. The Morgan fingerprint density at radius 1 is 0.402 bits per heavy atom. The van der Waals surface area contributed by atoms with E-state index in [4.69, 9.17) is 13.8 Å². The number of nitrogens with one attached hydrogen (secondary N) is 1. The zero-order valence-electron chi connectivity index (χ0n) is 58.0. The molecule has 0 saturated heterocycles. The summed E-state index contributed by atoms with van der Waals surface area (Å²) in [6, 6.07) is -0.896. The molecule has 87 heavy (non-hydrogen) atoms.